The maximum absolute atomic E-state index is 4.74. The van der Waals surface area contributed by atoms with E-state index in [-0.39, 0.29) is 0 Å². The first-order valence-electron chi connectivity index (χ1n) is 6.35. The van der Waals surface area contributed by atoms with Crippen LogP contribution >= 0.6 is 0 Å². The Balaban J connectivity index is 3.39. The van der Waals surface area contributed by atoms with Crippen LogP contribution in [0.25, 0.3) is 0 Å². The van der Waals surface area contributed by atoms with Crippen molar-refractivity contribution >= 4 is 0 Å². The molecule has 1 nitrogen and oxygen atoms in total. The third-order valence-corrected chi connectivity index (χ3v) is 3.09. The standard InChI is InChI=1S/C15H25N/c1-9(2)13-8-14(10(3)4)16-12(7)15(13)11(5)6/h8-11H,1-7H3. The molecule has 0 aliphatic rings. The number of aromatic nitrogens is 1. The molecule has 0 amide bonds. The molecule has 1 aromatic heterocycles. The SMILES string of the molecule is Cc1nc(C(C)C)cc(C(C)C)c1C(C)C. The molecule has 0 aliphatic heterocycles. The zero-order chi connectivity index (χ0) is 12.5. The van der Waals surface area contributed by atoms with Crippen LogP contribution in [0.1, 0.15) is 81.8 Å². The van der Waals surface area contributed by atoms with Gasteiger partial charge in [0.1, 0.15) is 0 Å². The molecule has 0 radical (unpaired) electrons. The Morgan fingerprint density at radius 3 is 1.81 bits per heavy atom. The predicted octanol–water partition coefficient (Wildman–Crippen LogP) is 4.76. The molecule has 16 heavy (non-hydrogen) atoms. The summed E-state index contributed by atoms with van der Waals surface area (Å²) >= 11 is 0. The van der Waals surface area contributed by atoms with Crippen molar-refractivity contribution in [2.45, 2.75) is 66.2 Å². The van der Waals surface area contributed by atoms with Gasteiger partial charge in [0.2, 0.25) is 0 Å². The molecular formula is C15H25N. The minimum absolute atomic E-state index is 0.511. The molecule has 0 saturated heterocycles. The van der Waals surface area contributed by atoms with Gasteiger partial charge in [0, 0.05) is 11.4 Å². The highest BCUT2D eigenvalue weighted by Gasteiger charge is 2.16. The number of hydrogen-bond donors (Lipinski definition) is 0. The summed E-state index contributed by atoms with van der Waals surface area (Å²) in [6.45, 7) is 15.6. The Bertz CT molecular complexity index is 362. The van der Waals surface area contributed by atoms with Crippen molar-refractivity contribution in [2.24, 2.45) is 0 Å². The number of nitrogens with zero attached hydrogens (tertiary/aromatic N) is 1. The Morgan fingerprint density at radius 2 is 1.44 bits per heavy atom. The summed E-state index contributed by atoms with van der Waals surface area (Å²) in [5.74, 6) is 1.65. The van der Waals surface area contributed by atoms with Crippen molar-refractivity contribution in [3.05, 3.63) is 28.6 Å². The minimum Gasteiger partial charge on any atom is -0.258 e. The van der Waals surface area contributed by atoms with E-state index in [1.54, 1.807) is 0 Å². The van der Waals surface area contributed by atoms with Crippen LogP contribution in [0.15, 0.2) is 6.07 Å². The fourth-order valence-corrected chi connectivity index (χ4v) is 2.26. The van der Waals surface area contributed by atoms with Crippen LogP contribution in [0, 0.1) is 6.92 Å². The van der Waals surface area contributed by atoms with E-state index in [1.165, 1.54) is 22.5 Å². The van der Waals surface area contributed by atoms with Gasteiger partial charge in [-0.15, -0.1) is 0 Å². The predicted molar refractivity (Wildman–Crippen MR) is 71.2 cm³/mol. The zero-order valence-corrected chi connectivity index (χ0v) is 11.8. The molecule has 1 heteroatoms. The van der Waals surface area contributed by atoms with Gasteiger partial charge < -0.3 is 0 Å². The summed E-state index contributed by atoms with van der Waals surface area (Å²) in [5, 5.41) is 0. The largest absolute Gasteiger partial charge is 0.258 e. The van der Waals surface area contributed by atoms with Crippen LogP contribution < -0.4 is 0 Å². The maximum Gasteiger partial charge on any atom is 0.0435 e. The molecule has 1 aromatic rings. The van der Waals surface area contributed by atoms with Crippen molar-refractivity contribution in [3.63, 3.8) is 0 Å². The zero-order valence-electron chi connectivity index (χ0n) is 11.8. The van der Waals surface area contributed by atoms with Gasteiger partial charge in [-0.05, 0) is 41.9 Å². The number of pyridine rings is 1. The monoisotopic (exact) mass is 219 g/mol. The maximum atomic E-state index is 4.74. The van der Waals surface area contributed by atoms with Gasteiger partial charge in [0.15, 0.2) is 0 Å². The molecule has 0 atom stereocenters. The first-order chi connectivity index (χ1) is 7.34. The number of aryl methyl sites for hydroxylation is 1. The quantitative estimate of drug-likeness (QED) is 0.714. The third kappa shape index (κ3) is 2.63. The van der Waals surface area contributed by atoms with Crippen LogP contribution in [-0.2, 0) is 0 Å². The average molecular weight is 219 g/mol. The number of rotatable bonds is 3. The molecule has 1 heterocycles. The summed E-state index contributed by atoms with van der Waals surface area (Å²) in [4.78, 5) is 4.74. The van der Waals surface area contributed by atoms with E-state index < -0.39 is 0 Å². The van der Waals surface area contributed by atoms with Crippen LogP contribution in [0.3, 0.4) is 0 Å². The van der Waals surface area contributed by atoms with Crippen molar-refractivity contribution < 1.29 is 0 Å². The van der Waals surface area contributed by atoms with E-state index in [0.29, 0.717) is 17.8 Å². The van der Waals surface area contributed by atoms with Crippen molar-refractivity contribution in [1.29, 1.82) is 0 Å². The van der Waals surface area contributed by atoms with Gasteiger partial charge in [-0.1, -0.05) is 41.5 Å². The molecule has 0 unspecified atom stereocenters. The van der Waals surface area contributed by atoms with Crippen LogP contribution in [0.5, 0.6) is 0 Å². The van der Waals surface area contributed by atoms with Gasteiger partial charge in [0.05, 0.1) is 0 Å². The van der Waals surface area contributed by atoms with Crippen molar-refractivity contribution in [2.75, 3.05) is 0 Å². The van der Waals surface area contributed by atoms with Crippen molar-refractivity contribution in [1.82, 2.24) is 4.98 Å². The summed E-state index contributed by atoms with van der Waals surface area (Å²) in [7, 11) is 0. The first kappa shape index (κ1) is 13.2. The fraction of sp³-hybridized carbons (Fsp3) is 0.667. The second-order valence-electron chi connectivity index (χ2n) is 5.60. The summed E-state index contributed by atoms with van der Waals surface area (Å²) < 4.78 is 0. The van der Waals surface area contributed by atoms with E-state index in [0.717, 1.165) is 0 Å². The highest BCUT2D eigenvalue weighted by atomic mass is 14.7. The van der Waals surface area contributed by atoms with E-state index in [9.17, 15) is 0 Å². The van der Waals surface area contributed by atoms with E-state index in [2.05, 4.69) is 54.5 Å². The molecule has 0 aromatic carbocycles. The van der Waals surface area contributed by atoms with Gasteiger partial charge in [-0.25, -0.2) is 0 Å². The smallest absolute Gasteiger partial charge is 0.0435 e. The highest BCUT2D eigenvalue weighted by Crippen LogP contribution is 2.30. The van der Waals surface area contributed by atoms with E-state index >= 15 is 0 Å². The Morgan fingerprint density at radius 1 is 0.875 bits per heavy atom. The second kappa shape index (κ2) is 4.99. The molecular weight excluding hydrogens is 194 g/mol. The topological polar surface area (TPSA) is 12.9 Å². The minimum atomic E-state index is 0.511. The lowest BCUT2D eigenvalue weighted by molar-refractivity contribution is 0.742. The second-order valence-corrected chi connectivity index (χ2v) is 5.60. The molecule has 1 rings (SSSR count). The van der Waals surface area contributed by atoms with Crippen LogP contribution in [0.4, 0.5) is 0 Å². The lowest BCUT2D eigenvalue weighted by Gasteiger charge is -2.20. The van der Waals surface area contributed by atoms with Gasteiger partial charge in [-0.3, -0.25) is 4.98 Å². The average Bonchev–Trinajstić information content (AvgIpc) is 2.15. The van der Waals surface area contributed by atoms with Crippen LogP contribution in [-0.4, -0.2) is 4.98 Å². The van der Waals surface area contributed by atoms with Gasteiger partial charge >= 0.3 is 0 Å². The fourth-order valence-electron chi connectivity index (χ4n) is 2.26. The molecule has 0 N–H and O–H groups in total. The molecule has 0 saturated carbocycles. The Kier molecular flexibility index (Phi) is 4.12. The van der Waals surface area contributed by atoms with Crippen LogP contribution in [0.2, 0.25) is 0 Å². The normalized spacial score (nSPS) is 11.9. The Hall–Kier alpha value is -0.850. The van der Waals surface area contributed by atoms with E-state index in [4.69, 9.17) is 4.98 Å². The van der Waals surface area contributed by atoms with Gasteiger partial charge in [-0.2, -0.15) is 0 Å². The molecule has 0 fully saturated rings. The van der Waals surface area contributed by atoms with Gasteiger partial charge in [0.25, 0.3) is 0 Å². The lowest BCUT2D eigenvalue weighted by Crippen LogP contribution is -2.07. The first-order valence-corrected chi connectivity index (χ1v) is 6.35. The van der Waals surface area contributed by atoms with Crippen molar-refractivity contribution in [3.8, 4) is 0 Å². The Labute approximate surface area is 100 Å². The molecule has 0 aliphatic carbocycles. The number of hydrogen-bond acceptors (Lipinski definition) is 1. The molecule has 90 valence electrons. The molecule has 0 spiro atoms. The summed E-state index contributed by atoms with van der Waals surface area (Å²) in [5.41, 5.74) is 5.36. The summed E-state index contributed by atoms with van der Waals surface area (Å²) in [6.07, 6.45) is 0. The summed E-state index contributed by atoms with van der Waals surface area (Å²) in [6, 6.07) is 2.30. The third-order valence-electron chi connectivity index (χ3n) is 3.09. The van der Waals surface area contributed by atoms with E-state index in [1.807, 2.05) is 0 Å². The highest BCUT2D eigenvalue weighted by molar-refractivity contribution is 5.37. The lowest BCUT2D eigenvalue weighted by atomic mass is 9.88. The molecule has 0 bridgehead atoms.